The summed E-state index contributed by atoms with van der Waals surface area (Å²) in [5.74, 6) is 0. The zero-order valence-electron chi connectivity index (χ0n) is 4.63. The summed E-state index contributed by atoms with van der Waals surface area (Å²) < 4.78 is 0. The molecule has 0 aliphatic heterocycles. The molecule has 0 radical (unpaired) electrons. The Morgan fingerprint density at radius 1 is 1.67 bits per heavy atom. The van der Waals surface area contributed by atoms with E-state index in [0.717, 1.165) is 6.42 Å². The van der Waals surface area contributed by atoms with Crippen LogP contribution in [-0.2, 0) is 6.42 Å². The van der Waals surface area contributed by atoms with Crippen LogP contribution >= 0.6 is 11.3 Å². The maximum absolute atomic E-state index is 3.64. The maximum Gasteiger partial charge on any atom is 0.00827 e. The molecule has 0 amide bonds. The first-order valence-electron chi connectivity index (χ1n) is 2.57. The largest absolute Gasteiger partial charge is 0.149 e. The first kappa shape index (κ1) is 8.44. The van der Waals surface area contributed by atoms with E-state index in [0.29, 0.717) is 0 Å². The molecule has 0 aliphatic carbocycles. The van der Waals surface area contributed by atoms with Gasteiger partial charge in [0.15, 0.2) is 0 Å². The van der Waals surface area contributed by atoms with Crippen molar-refractivity contribution in [2.45, 2.75) is 13.8 Å². The van der Waals surface area contributed by atoms with Gasteiger partial charge < -0.3 is 0 Å². The van der Waals surface area contributed by atoms with Crippen molar-refractivity contribution in [3.05, 3.63) is 35.0 Å². The van der Waals surface area contributed by atoms with Crippen molar-refractivity contribution in [2.24, 2.45) is 0 Å². The van der Waals surface area contributed by atoms with Gasteiger partial charge in [-0.2, -0.15) is 0 Å². The highest BCUT2D eigenvalue weighted by Gasteiger charge is 1.84. The van der Waals surface area contributed by atoms with Gasteiger partial charge in [0, 0.05) is 4.88 Å². The van der Waals surface area contributed by atoms with Crippen molar-refractivity contribution in [1.82, 2.24) is 0 Å². The monoisotopic (exact) mass is 140 g/mol. The molecule has 0 atom stereocenters. The van der Waals surface area contributed by atoms with Gasteiger partial charge in [0.2, 0.25) is 0 Å². The lowest BCUT2D eigenvalue weighted by Crippen LogP contribution is -1.66. The number of allylic oxidation sites excluding steroid dienone is 1. The Balaban J connectivity index is 0.000000640. The Morgan fingerprint density at radius 3 is 2.89 bits per heavy atom. The Morgan fingerprint density at radius 2 is 2.44 bits per heavy atom. The molecule has 0 unspecified atom stereocenters. The minimum Gasteiger partial charge on any atom is -0.149 e. The second kappa shape index (κ2) is 4.33. The molecular weight excluding hydrogens is 128 g/mol. The molecule has 9 heavy (non-hydrogen) atoms. The van der Waals surface area contributed by atoms with Gasteiger partial charge in [-0.05, 0) is 17.9 Å². The summed E-state index contributed by atoms with van der Waals surface area (Å²) in [6.07, 6.45) is 2.93. The van der Waals surface area contributed by atoms with E-state index in [9.17, 15) is 0 Å². The Hall–Kier alpha value is -0.560. The van der Waals surface area contributed by atoms with Crippen molar-refractivity contribution in [2.75, 3.05) is 0 Å². The molecule has 0 N–H and O–H groups in total. The molecular formula is C8H12S. The smallest absolute Gasteiger partial charge is 0.00827 e. The van der Waals surface area contributed by atoms with E-state index in [1.807, 2.05) is 6.08 Å². The van der Waals surface area contributed by atoms with Gasteiger partial charge in [-0.15, -0.1) is 17.9 Å². The average molecular weight is 140 g/mol. The first-order valence-corrected chi connectivity index (χ1v) is 3.44. The van der Waals surface area contributed by atoms with Gasteiger partial charge in [-0.25, -0.2) is 0 Å². The summed E-state index contributed by atoms with van der Waals surface area (Å²) >= 11 is 1.78. The van der Waals surface area contributed by atoms with E-state index < -0.39 is 0 Å². The molecule has 1 aromatic heterocycles. The predicted molar refractivity (Wildman–Crippen MR) is 45.0 cm³/mol. The second-order valence-corrected chi connectivity index (χ2v) is 2.60. The first-order chi connectivity index (χ1) is 3.93. The van der Waals surface area contributed by atoms with Crippen LogP contribution in [-0.4, -0.2) is 0 Å². The van der Waals surface area contributed by atoms with Crippen LogP contribution in [0.5, 0.6) is 0 Å². The highest BCUT2D eigenvalue weighted by Crippen LogP contribution is 2.08. The summed E-state index contributed by atoms with van der Waals surface area (Å²) in [4.78, 5) is 1.39. The molecule has 0 bridgehead atoms. The van der Waals surface area contributed by atoms with Crippen molar-refractivity contribution >= 4 is 11.3 Å². The predicted octanol–water partition coefficient (Wildman–Crippen LogP) is 3.11. The van der Waals surface area contributed by atoms with Crippen LogP contribution in [0.4, 0.5) is 0 Å². The van der Waals surface area contributed by atoms with Crippen LogP contribution in [0.15, 0.2) is 30.2 Å². The quantitative estimate of drug-likeness (QED) is 0.554. The summed E-state index contributed by atoms with van der Waals surface area (Å²) in [5.41, 5.74) is 0. The third kappa shape index (κ3) is 2.47. The van der Waals surface area contributed by atoms with E-state index in [1.165, 1.54) is 4.88 Å². The Bertz CT molecular complexity index is 151. The van der Waals surface area contributed by atoms with E-state index in [4.69, 9.17) is 0 Å². The molecule has 1 aromatic rings. The van der Waals surface area contributed by atoms with Gasteiger partial charge >= 0.3 is 0 Å². The normalized spacial score (nSPS) is 8.00. The molecule has 0 saturated heterocycles. The van der Waals surface area contributed by atoms with Crippen molar-refractivity contribution < 1.29 is 0 Å². The number of rotatable bonds is 2. The molecule has 0 fully saturated rings. The van der Waals surface area contributed by atoms with Crippen LogP contribution in [0.1, 0.15) is 12.3 Å². The maximum atomic E-state index is 3.64. The molecule has 0 saturated carbocycles. The SMILES string of the molecule is C.C=CCc1cccs1. The lowest BCUT2D eigenvalue weighted by molar-refractivity contribution is 1.36. The molecule has 1 rings (SSSR count). The fraction of sp³-hybridized carbons (Fsp3) is 0.250. The third-order valence-electron chi connectivity index (χ3n) is 0.926. The molecule has 0 aliphatic rings. The van der Waals surface area contributed by atoms with Crippen LogP contribution in [0.3, 0.4) is 0 Å². The fourth-order valence-corrected chi connectivity index (χ4v) is 1.27. The van der Waals surface area contributed by atoms with Gasteiger partial charge in [0.05, 0.1) is 0 Å². The van der Waals surface area contributed by atoms with E-state index in [2.05, 4.69) is 24.1 Å². The summed E-state index contributed by atoms with van der Waals surface area (Å²) in [5, 5.41) is 2.08. The van der Waals surface area contributed by atoms with E-state index in [1.54, 1.807) is 11.3 Å². The van der Waals surface area contributed by atoms with Crippen LogP contribution in [0, 0.1) is 0 Å². The highest BCUT2D eigenvalue weighted by molar-refractivity contribution is 7.09. The van der Waals surface area contributed by atoms with Gasteiger partial charge in [0.1, 0.15) is 0 Å². The van der Waals surface area contributed by atoms with Crippen LogP contribution in [0.2, 0.25) is 0 Å². The zero-order valence-corrected chi connectivity index (χ0v) is 5.45. The third-order valence-corrected chi connectivity index (χ3v) is 1.82. The Labute approximate surface area is 60.8 Å². The standard InChI is InChI=1S/C7H8S.CH4/c1-2-4-7-5-3-6-8-7;/h2-3,5-6H,1,4H2;1H4. The molecule has 1 heteroatoms. The van der Waals surface area contributed by atoms with E-state index in [-0.39, 0.29) is 7.43 Å². The summed E-state index contributed by atoms with van der Waals surface area (Å²) in [7, 11) is 0. The minimum atomic E-state index is 0. The number of hydrogen-bond donors (Lipinski definition) is 0. The lowest BCUT2D eigenvalue weighted by Gasteiger charge is -1.81. The zero-order chi connectivity index (χ0) is 5.82. The van der Waals surface area contributed by atoms with Crippen LogP contribution < -0.4 is 0 Å². The van der Waals surface area contributed by atoms with E-state index >= 15 is 0 Å². The highest BCUT2D eigenvalue weighted by atomic mass is 32.1. The average Bonchev–Trinajstić information content (AvgIpc) is 2.19. The Kier molecular flexibility index (Phi) is 4.06. The second-order valence-electron chi connectivity index (χ2n) is 1.57. The lowest BCUT2D eigenvalue weighted by atomic mass is 10.3. The molecule has 1 heterocycles. The van der Waals surface area contributed by atoms with Crippen LogP contribution in [0.25, 0.3) is 0 Å². The summed E-state index contributed by atoms with van der Waals surface area (Å²) in [6, 6.07) is 4.18. The minimum absolute atomic E-state index is 0. The number of hydrogen-bond acceptors (Lipinski definition) is 1. The van der Waals surface area contributed by atoms with Crippen molar-refractivity contribution in [3.63, 3.8) is 0 Å². The van der Waals surface area contributed by atoms with Crippen molar-refractivity contribution in [1.29, 1.82) is 0 Å². The molecule has 0 nitrogen and oxygen atoms in total. The van der Waals surface area contributed by atoms with Gasteiger partial charge in [-0.3, -0.25) is 0 Å². The molecule has 50 valence electrons. The molecule has 0 aromatic carbocycles. The number of thiophene rings is 1. The van der Waals surface area contributed by atoms with Gasteiger partial charge in [0.25, 0.3) is 0 Å². The molecule has 0 spiro atoms. The van der Waals surface area contributed by atoms with Crippen molar-refractivity contribution in [3.8, 4) is 0 Å². The topological polar surface area (TPSA) is 0 Å². The summed E-state index contributed by atoms with van der Waals surface area (Å²) in [6.45, 7) is 3.64. The fourth-order valence-electron chi connectivity index (χ4n) is 0.571. The van der Waals surface area contributed by atoms with Gasteiger partial charge in [-0.1, -0.05) is 19.6 Å².